The zero-order chi connectivity index (χ0) is 15.7. The monoisotopic (exact) mass is 304 g/mol. The molecule has 120 valence electrons. The van der Waals surface area contributed by atoms with E-state index in [4.69, 9.17) is 9.47 Å². The number of carbonyl (C=O) groups is 2. The molecule has 22 heavy (non-hydrogen) atoms. The summed E-state index contributed by atoms with van der Waals surface area (Å²) in [7, 11) is 0. The lowest BCUT2D eigenvalue weighted by Crippen LogP contribution is -2.38. The SMILES string of the molecule is C=CC(=O)OC[C@@H]1[C@H](COC(=O)C=C)[C@@H]2C[C@H]1[C@@H]1CCC[C@H]12. The van der Waals surface area contributed by atoms with Gasteiger partial charge < -0.3 is 9.47 Å². The molecule has 0 unspecified atom stereocenters. The maximum atomic E-state index is 11.4. The maximum Gasteiger partial charge on any atom is 0.330 e. The van der Waals surface area contributed by atoms with Gasteiger partial charge in [-0.05, 0) is 42.9 Å². The minimum absolute atomic E-state index is 0.311. The van der Waals surface area contributed by atoms with Crippen molar-refractivity contribution in [2.75, 3.05) is 13.2 Å². The highest BCUT2D eigenvalue weighted by atomic mass is 16.5. The summed E-state index contributed by atoms with van der Waals surface area (Å²) in [5.74, 6) is 2.68. The highest BCUT2D eigenvalue weighted by Gasteiger charge is 2.59. The summed E-state index contributed by atoms with van der Waals surface area (Å²) in [4.78, 5) is 22.8. The Morgan fingerprint density at radius 2 is 1.32 bits per heavy atom. The van der Waals surface area contributed by atoms with Gasteiger partial charge in [-0.25, -0.2) is 9.59 Å². The number of carbonyl (C=O) groups excluding carboxylic acids is 2. The predicted octanol–water partition coefficient (Wildman–Crippen LogP) is 2.74. The number of esters is 2. The molecule has 3 rings (SSSR count). The molecule has 4 heteroatoms. The molecule has 0 aromatic heterocycles. The fraction of sp³-hybridized carbons (Fsp3) is 0.667. The van der Waals surface area contributed by atoms with E-state index in [0.717, 1.165) is 11.8 Å². The van der Waals surface area contributed by atoms with Gasteiger partial charge in [0.25, 0.3) is 0 Å². The van der Waals surface area contributed by atoms with Crippen LogP contribution in [0.3, 0.4) is 0 Å². The fourth-order valence-electron chi connectivity index (χ4n) is 5.33. The highest BCUT2D eigenvalue weighted by Crippen LogP contribution is 2.63. The molecule has 3 saturated carbocycles. The number of hydrogen-bond donors (Lipinski definition) is 0. The van der Waals surface area contributed by atoms with Crippen molar-refractivity contribution in [1.29, 1.82) is 0 Å². The van der Waals surface area contributed by atoms with Crippen LogP contribution in [0.2, 0.25) is 0 Å². The van der Waals surface area contributed by atoms with Crippen LogP contribution < -0.4 is 0 Å². The molecule has 2 bridgehead atoms. The normalized spacial score (nSPS) is 38.4. The van der Waals surface area contributed by atoms with Crippen LogP contribution in [0.25, 0.3) is 0 Å². The van der Waals surface area contributed by atoms with E-state index in [-0.39, 0.29) is 11.9 Å². The van der Waals surface area contributed by atoms with E-state index in [2.05, 4.69) is 13.2 Å². The van der Waals surface area contributed by atoms with E-state index in [1.807, 2.05) is 0 Å². The standard InChI is InChI=1S/C18H24O4/c1-3-17(19)21-9-15-13-8-14(12-7-5-6-11(12)13)16(15)10-22-18(20)4-2/h3-4,11-16H,1-2,5-10H2/t11-,12-,13-,14+,15-,16+/m1/s1. The van der Waals surface area contributed by atoms with E-state index in [9.17, 15) is 9.59 Å². The molecule has 3 aliphatic carbocycles. The molecule has 3 aliphatic rings. The third kappa shape index (κ3) is 2.59. The Labute approximate surface area is 131 Å². The molecule has 0 heterocycles. The summed E-state index contributed by atoms with van der Waals surface area (Å²) in [5, 5.41) is 0. The van der Waals surface area contributed by atoms with Crippen molar-refractivity contribution in [3.8, 4) is 0 Å². The van der Waals surface area contributed by atoms with Gasteiger partial charge in [0.2, 0.25) is 0 Å². The van der Waals surface area contributed by atoms with Gasteiger partial charge in [-0.2, -0.15) is 0 Å². The Bertz CT molecular complexity index is 441. The Hall–Kier alpha value is -1.58. The van der Waals surface area contributed by atoms with Crippen LogP contribution in [-0.2, 0) is 19.1 Å². The summed E-state index contributed by atoms with van der Waals surface area (Å²) in [6.07, 6.45) is 7.52. The quantitative estimate of drug-likeness (QED) is 0.559. The molecule has 3 fully saturated rings. The van der Waals surface area contributed by atoms with Crippen LogP contribution in [0.15, 0.2) is 25.3 Å². The average molecular weight is 304 g/mol. The molecule has 0 radical (unpaired) electrons. The van der Waals surface area contributed by atoms with Crippen molar-refractivity contribution < 1.29 is 19.1 Å². The minimum atomic E-state index is -0.368. The van der Waals surface area contributed by atoms with Crippen molar-refractivity contribution in [2.45, 2.75) is 25.7 Å². The first-order valence-corrected chi connectivity index (χ1v) is 8.24. The summed E-state index contributed by atoms with van der Waals surface area (Å²) in [6, 6.07) is 0. The van der Waals surface area contributed by atoms with Gasteiger partial charge in [-0.3, -0.25) is 0 Å². The van der Waals surface area contributed by atoms with Crippen molar-refractivity contribution in [1.82, 2.24) is 0 Å². The first-order chi connectivity index (χ1) is 10.7. The molecular formula is C18H24O4. The fourth-order valence-corrected chi connectivity index (χ4v) is 5.33. The summed E-state index contributed by atoms with van der Waals surface area (Å²) < 4.78 is 10.6. The molecule has 0 aliphatic heterocycles. The first-order valence-electron chi connectivity index (χ1n) is 8.24. The molecule has 0 aromatic carbocycles. The third-order valence-electron chi connectivity index (χ3n) is 6.09. The van der Waals surface area contributed by atoms with Crippen LogP contribution >= 0.6 is 0 Å². The van der Waals surface area contributed by atoms with Gasteiger partial charge in [0.1, 0.15) is 0 Å². The molecule has 4 nitrogen and oxygen atoms in total. The van der Waals surface area contributed by atoms with E-state index in [1.54, 1.807) is 0 Å². The highest BCUT2D eigenvalue weighted by molar-refractivity contribution is 5.81. The number of rotatable bonds is 6. The lowest BCUT2D eigenvalue weighted by Gasteiger charge is -2.37. The van der Waals surface area contributed by atoms with Crippen molar-refractivity contribution >= 4 is 11.9 Å². The third-order valence-corrected chi connectivity index (χ3v) is 6.09. The van der Waals surface area contributed by atoms with Gasteiger partial charge in [-0.15, -0.1) is 0 Å². The van der Waals surface area contributed by atoms with E-state index >= 15 is 0 Å². The smallest absolute Gasteiger partial charge is 0.330 e. The van der Waals surface area contributed by atoms with Gasteiger partial charge in [-0.1, -0.05) is 19.6 Å². The van der Waals surface area contributed by atoms with Crippen LogP contribution in [0.4, 0.5) is 0 Å². The Morgan fingerprint density at radius 1 is 0.864 bits per heavy atom. The predicted molar refractivity (Wildman–Crippen MR) is 81.7 cm³/mol. The van der Waals surface area contributed by atoms with E-state index in [1.165, 1.54) is 37.8 Å². The zero-order valence-electron chi connectivity index (χ0n) is 12.9. The van der Waals surface area contributed by atoms with Gasteiger partial charge >= 0.3 is 11.9 Å². The maximum absolute atomic E-state index is 11.4. The van der Waals surface area contributed by atoms with Crippen LogP contribution in [0.5, 0.6) is 0 Å². The van der Waals surface area contributed by atoms with Crippen LogP contribution in [-0.4, -0.2) is 25.2 Å². The largest absolute Gasteiger partial charge is 0.462 e. The number of ether oxygens (including phenoxy) is 2. The molecular weight excluding hydrogens is 280 g/mol. The van der Waals surface area contributed by atoms with Crippen LogP contribution in [0.1, 0.15) is 25.7 Å². The Morgan fingerprint density at radius 3 is 1.73 bits per heavy atom. The summed E-state index contributed by atoms with van der Waals surface area (Å²) in [5.41, 5.74) is 0. The van der Waals surface area contributed by atoms with Crippen molar-refractivity contribution in [2.24, 2.45) is 35.5 Å². The average Bonchev–Trinajstić information content (AvgIpc) is 3.21. The zero-order valence-corrected chi connectivity index (χ0v) is 12.9. The van der Waals surface area contributed by atoms with Gasteiger partial charge in [0.05, 0.1) is 13.2 Å². The first kappa shape index (κ1) is 15.3. The molecule has 0 spiro atoms. The van der Waals surface area contributed by atoms with Crippen molar-refractivity contribution in [3.05, 3.63) is 25.3 Å². The van der Waals surface area contributed by atoms with Crippen molar-refractivity contribution in [3.63, 3.8) is 0 Å². The van der Waals surface area contributed by atoms with Gasteiger partial charge in [0, 0.05) is 24.0 Å². The minimum Gasteiger partial charge on any atom is -0.462 e. The molecule has 0 aromatic rings. The Kier molecular flexibility index (Phi) is 4.37. The molecule has 0 saturated heterocycles. The lowest BCUT2D eigenvalue weighted by molar-refractivity contribution is -0.145. The number of fused-ring (bicyclic) bond motifs is 5. The van der Waals surface area contributed by atoms with Gasteiger partial charge in [0.15, 0.2) is 0 Å². The molecule has 0 amide bonds. The number of hydrogen-bond acceptors (Lipinski definition) is 4. The summed E-state index contributed by atoms with van der Waals surface area (Å²) >= 11 is 0. The molecule has 6 atom stereocenters. The van der Waals surface area contributed by atoms with E-state index in [0.29, 0.717) is 36.9 Å². The van der Waals surface area contributed by atoms with Crippen LogP contribution in [0, 0.1) is 35.5 Å². The lowest BCUT2D eigenvalue weighted by atomic mass is 9.70. The van der Waals surface area contributed by atoms with E-state index < -0.39 is 0 Å². The second-order valence-corrected chi connectivity index (χ2v) is 6.82. The molecule has 0 N–H and O–H groups in total. The second kappa shape index (κ2) is 6.27. The summed E-state index contributed by atoms with van der Waals surface area (Å²) in [6.45, 7) is 7.73. The Balaban J connectivity index is 1.69. The second-order valence-electron chi connectivity index (χ2n) is 6.82. The topological polar surface area (TPSA) is 52.6 Å².